The summed E-state index contributed by atoms with van der Waals surface area (Å²) in [4.78, 5) is 26.7. The molecule has 7 heteroatoms. The van der Waals surface area contributed by atoms with Crippen LogP contribution in [-0.2, 0) is 11.3 Å². The number of thioether (sulfide) groups is 1. The normalized spacial score (nSPS) is 10.4. The molecule has 1 aromatic heterocycles. The summed E-state index contributed by atoms with van der Waals surface area (Å²) in [5, 5.41) is 11.1. The zero-order valence-electron chi connectivity index (χ0n) is 13.3. The molecule has 0 radical (unpaired) electrons. The van der Waals surface area contributed by atoms with Gasteiger partial charge in [-0.05, 0) is 5.56 Å². The number of nitrogens with zero attached hydrogens (tertiary/aromatic N) is 2. The van der Waals surface area contributed by atoms with E-state index in [4.69, 9.17) is 0 Å². The molecule has 2 N–H and O–H groups in total. The van der Waals surface area contributed by atoms with Gasteiger partial charge in [0.1, 0.15) is 0 Å². The summed E-state index contributed by atoms with van der Waals surface area (Å²) in [5.74, 6) is 0.0194. The lowest BCUT2D eigenvalue weighted by atomic mass is 10.2. The number of rotatable bonds is 6. The number of H-pyrrole nitrogens is 1. The molecule has 3 aromatic rings. The first-order chi connectivity index (χ1) is 12.2. The molecule has 3 rings (SSSR count). The average Bonchev–Trinajstić information content (AvgIpc) is 2.66. The molecule has 6 nitrogen and oxygen atoms in total. The number of hydrogen-bond acceptors (Lipinski definition) is 5. The fourth-order valence-electron chi connectivity index (χ4n) is 2.15. The Kier molecular flexibility index (Phi) is 5.58. The number of hydrogen-bond donors (Lipinski definition) is 2. The van der Waals surface area contributed by atoms with Gasteiger partial charge >= 0.3 is 0 Å². The number of benzene rings is 2. The smallest absolute Gasteiger partial charge is 0.278 e. The van der Waals surface area contributed by atoms with Gasteiger partial charge < -0.3 is 5.32 Å². The van der Waals surface area contributed by atoms with Gasteiger partial charge in [-0.3, -0.25) is 14.6 Å². The van der Waals surface area contributed by atoms with Crippen molar-refractivity contribution >= 4 is 17.7 Å². The lowest BCUT2D eigenvalue weighted by Crippen LogP contribution is -2.25. The van der Waals surface area contributed by atoms with Gasteiger partial charge in [-0.2, -0.15) is 0 Å². The minimum Gasteiger partial charge on any atom is -0.351 e. The van der Waals surface area contributed by atoms with Crippen LogP contribution in [0, 0.1) is 0 Å². The van der Waals surface area contributed by atoms with Gasteiger partial charge in [0.2, 0.25) is 5.91 Å². The Labute approximate surface area is 148 Å². The quantitative estimate of drug-likeness (QED) is 0.664. The second-order valence-electron chi connectivity index (χ2n) is 5.22. The van der Waals surface area contributed by atoms with E-state index in [2.05, 4.69) is 20.5 Å². The topological polar surface area (TPSA) is 87.7 Å². The molecule has 1 heterocycles. The molecule has 0 unspecified atom stereocenters. The SMILES string of the molecule is O=C(CSc1nnc(-c2ccccc2)c(=O)[nH]1)NCc1ccccc1. The van der Waals surface area contributed by atoms with Gasteiger partial charge in [-0.25, -0.2) is 0 Å². The summed E-state index contributed by atoms with van der Waals surface area (Å²) in [6.45, 7) is 0.468. The number of amides is 1. The standard InChI is InChI=1S/C18H16N4O2S/c23-15(19-11-13-7-3-1-4-8-13)12-25-18-20-17(24)16(21-22-18)14-9-5-2-6-10-14/h1-10H,11-12H2,(H,19,23)(H,20,22,24). The molecular formula is C18H16N4O2S. The minimum atomic E-state index is -0.326. The monoisotopic (exact) mass is 352 g/mol. The third kappa shape index (κ3) is 4.77. The Morgan fingerprint density at radius 1 is 1.00 bits per heavy atom. The van der Waals surface area contributed by atoms with Crippen molar-refractivity contribution in [2.45, 2.75) is 11.7 Å². The molecule has 0 aliphatic rings. The number of aromatic nitrogens is 3. The molecule has 0 saturated heterocycles. The van der Waals surface area contributed by atoms with Crippen LogP contribution in [0.5, 0.6) is 0 Å². The first-order valence-corrected chi connectivity index (χ1v) is 8.67. The molecule has 0 saturated carbocycles. The average molecular weight is 352 g/mol. The highest BCUT2D eigenvalue weighted by molar-refractivity contribution is 7.99. The molecule has 0 aliphatic carbocycles. The first kappa shape index (κ1) is 16.9. The van der Waals surface area contributed by atoms with Gasteiger partial charge in [0.25, 0.3) is 5.56 Å². The van der Waals surface area contributed by atoms with Crippen LogP contribution in [0.4, 0.5) is 0 Å². The second-order valence-corrected chi connectivity index (χ2v) is 6.19. The maximum Gasteiger partial charge on any atom is 0.278 e. The first-order valence-electron chi connectivity index (χ1n) is 7.68. The lowest BCUT2D eigenvalue weighted by molar-refractivity contribution is -0.118. The van der Waals surface area contributed by atoms with Gasteiger partial charge in [0, 0.05) is 12.1 Å². The lowest BCUT2D eigenvalue weighted by Gasteiger charge is -2.05. The van der Waals surface area contributed by atoms with Crippen LogP contribution in [0.1, 0.15) is 5.56 Å². The Bertz CT molecular complexity index is 898. The largest absolute Gasteiger partial charge is 0.351 e. The van der Waals surface area contributed by atoms with Gasteiger partial charge in [-0.1, -0.05) is 72.4 Å². The van der Waals surface area contributed by atoms with Crippen LogP contribution in [0.15, 0.2) is 70.6 Å². The minimum absolute atomic E-state index is 0.136. The van der Waals surface area contributed by atoms with E-state index in [-0.39, 0.29) is 22.9 Å². The Balaban J connectivity index is 1.56. The molecule has 1 amide bonds. The van der Waals surface area contributed by atoms with Crippen LogP contribution in [0.25, 0.3) is 11.3 Å². The predicted octanol–water partition coefficient (Wildman–Crippen LogP) is 2.24. The van der Waals surface area contributed by atoms with Crippen molar-refractivity contribution in [1.29, 1.82) is 0 Å². The van der Waals surface area contributed by atoms with E-state index < -0.39 is 0 Å². The van der Waals surface area contributed by atoms with E-state index in [1.807, 2.05) is 48.5 Å². The van der Waals surface area contributed by atoms with E-state index in [1.54, 1.807) is 12.1 Å². The van der Waals surface area contributed by atoms with Crippen LogP contribution in [0.2, 0.25) is 0 Å². The van der Waals surface area contributed by atoms with Crippen molar-refractivity contribution < 1.29 is 4.79 Å². The maximum absolute atomic E-state index is 12.1. The third-order valence-electron chi connectivity index (χ3n) is 3.40. The van der Waals surface area contributed by atoms with E-state index in [0.717, 1.165) is 17.3 Å². The van der Waals surface area contributed by atoms with E-state index >= 15 is 0 Å². The third-order valence-corrected chi connectivity index (χ3v) is 4.26. The molecule has 0 atom stereocenters. The van der Waals surface area contributed by atoms with Crippen molar-refractivity contribution in [3.8, 4) is 11.3 Å². The Morgan fingerprint density at radius 2 is 1.68 bits per heavy atom. The van der Waals surface area contributed by atoms with Crippen LogP contribution < -0.4 is 10.9 Å². The maximum atomic E-state index is 12.1. The molecule has 126 valence electrons. The van der Waals surface area contributed by atoms with E-state index in [1.165, 1.54) is 0 Å². The van der Waals surface area contributed by atoms with Gasteiger partial charge in [-0.15, -0.1) is 10.2 Å². The van der Waals surface area contributed by atoms with Crippen molar-refractivity contribution in [1.82, 2.24) is 20.5 Å². The molecule has 0 fully saturated rings. The highest BCUT2D eigenvalue weighted by Crippen LogP contribution is 2.13. The van der Waals surface area contributed by atoms with Gasteiger partial charge in [0.05, 0.1) is 5.75 Å². The molecule has 0 spiro atoms. The molecule has 2 aromatic carbocycles. The van der Waals surface area contributed by atoms with Crippen LogP contribution in [-0.4, -0.2) is 26.8 Å². The highest BCUT2D eigenvalue weighted by Gasteiger charge is 2.09. The molecule has 25 heavy (non-hydrogen) atoms. The summed E-state index contributed by atoms with van der Waals surface area (Å²) >= 11 is 1.14. The molecular weight excluding hydrogens is 336 g/mol. The molecule has 0 bridgehead atoms. The summed E-state index contributed by atoms with van der Waals surface area (Å²) in [6, 6.07) is 18.8. The molecule has 0 aliphatic heterocycles. The highest BCUT2D eigenvalue weighted by atomic mass is 32.2. The van der Waals surface area contributed by atoms with Gasteiger partial charge in [0.15, 0.2) is 10.9 Å². The number of carbonyl (C=O) groups excluding carboxylic acids is 1. The summed E-state index contributed by atoms with van der Waals surface area (Å²) in [6.07, 6.45) is 0. The van der Waals surface area contributed by atoms with Crippen molar-refractivity contribution in [3.63, 3.8) is 0 Å². The van der Waals surface area contributed by atoms with Crippen molar-refractivity contribution in [3.05, 3.63) is 76.6 Å². The second kappa shape index (κ2) is 8.25. The summed E-state index contributed by atoms with van der Waals surface area (Å²) < 4.78 is 0. The number of carbonyl (C=O) groups is 1. The van der Waals surface area contributed by atoms with Crippen molar-refractivity contribution in [2.24, 2.45) is 0 Å². The Morgan fingerprint density at radius 3 is 2.36 bits per heavy atom. The van der Waals surface area contributed by atoms with Crippen LogP contribution in [0.3, 0.4) is 0 Å². The number of aromatic amines is 1. The number of nitrogens with one attached hydrogen (secondary N) is 2. The van der Waals surface area contributed by atoms with Crippen molar-refractivity contribution in [2.75, 3.05) is 5.75 Å². The van der Waals surface area contributed by atoms with E-state index in [9.17, 15) is 9.59 Å². The van der Waals surface area contributed by atoms with E-state index in [0.29, 0.717) is 17.3 Å². The zero-order valence-corrected chi connectivity index (χ0v) is 14.1. The summed E-state index contributed by atoms with van der Waals surface area (Å²) in [5.41, 5.74) is 1.67. The van der Waals surface area contributed by atoms with Crippen LogP contribution >= 0.6 is 11.8 Å². The summed E-state index contributed by atoms with van der Waals surface area (Å²) in [7, 11) is 0. The fraction of sp³-hybridized carbons (Fsp3) is 0.111. The predicted molar refractivity (Wildman–Crippen MR) is 97.1 cm³/mol. The zero-order chi connectivity index (χ0) is 17.5. The fourth-order valence-corrected chi connectivity index (χ4v) is 2.79. The Hall–Kier alpha value is -2.93.